The lowest BCUT2D eigenvalue weighted by Crippen LogP contribution is -2.30. The van der Waals surface area contributed by atoms with E-state index in [1.54, 1.807) is 12.3 Å². The Balaban J connectivity index is 2.07. The molecule has 0 aliphatic carbocycles. The van der Waals surface area contributed by atoms with Crippen LogP contribution in [0.4, 0.5) is 0 Å². The lowest BCUT2D eigenvalue weighted by Gasteiger charge is -2.19. The van der Waals surface area contributed by atoms with Crippen LogP contribution in [0, 0.1) is 0 Å². The fourth-order valence-electron chi connectivity index (χ4n) is 1.64. The first-order valence-corrected chi connectivity index (χ1v) is 4.37. The number of allylic oxidation sites excluding steroid dienone is 1. The molecule has 0 aromatic rings. The van der Waals surface area contributed by atoms with Gasteiger partial charge in [0.2, 0.25) is 0 Å². The number of aliphatic imine (C=N–C) groups is 1. The summed E-state index contributed by atoms with van der Waals surface area (Å²) in [6.45, 7) is 2.14. The molecule has 3 nitrogen and oxygen atoms in total. The van der Waals surface area contributed by atoms with Gasteiger partial charge in [0.15, 0.2) is 5.78 Å². The Morgan fingerprint density at radius 1 is 1.33 bits per heavy atom. The highest BCUT2D eigenvalue weighted by atomic mass is 16.1. The summed E-state index contributed by atoms with van der Waals surface area (Å²) in [6.07, 6.45) is 6.11. The van der Waals surface area contributed by atoms with Crippen molar-refractivity contribution >= 4 is 11.6 Å². The molecule has 0 radical (unpaired) electrons. The van der Waals surface area contributed by atoms with Crippen LogP contribution < -0.4 is 0 Å². The molecule has 12 heavy (non-hydrogen) atoms. The summed E-state index contributed by atoms with van der Waals surface area (Å²) in [7, 11) is 0. The summed E-state index contributed by atoms with van der Waals surface area (Å²) in [5.41, 5.74) is 0. The van der Waals surface area contributed by atoms with E-state index in [1.165, 1.54) is 12.8 Å². The number of amidine groups is 1. The van der Waals surface area contributed by atoms with Gasteiger partial charge in [-0.15, -0.1) is 0 Å². The van der Waals surface area contributed by atoms with Crippen molar-refractivity contribution in [3.63, 3.8) is 0 Å². The Hall–Kier alpha value is -1.12. The summed E-state index contributed by atoms with van der Waals surface area (Å²) in [5.74, 6) is 1.13. The maximum Gasteiger partial charge on any atom is 0.164 e. The second-order valence-corrected chi connectivity index (χ2v) is 3.20. The Labute approximate surface area is 71.8 Å². The fourth-order valence-corrected chi connectivity index (χ4v) is 1.64. The molecule has 0 unspecified atom stereocenters. The molecule has 0 bridgehead atoms. The van der Waals surface area contributed by atoms with Crippen LogP contribution in [0.15, 0.2) is 17.3 Å². The van der Waals surface area contributed by atoms with Crippen LogP contribution in [-0.2, 0) is 4.79 Å². The zero-order valence-electron chi connectivity index (χ0n) is 6.99. The van der Waals surface area contributed by atoms with E-state index in [9.17, 15) is 4.79 Å². The minimum absolute atomic E-state index is 0.173. The predicted octanol–water partition coefficient (Wildman–Crippen LogP) is 0.967. The average molecular weight is 164 g/mol. The summed E-state index contributed by atoms with van der Waals surface area (Å²) < 4.78 is 0. The van der Waals surface area contributed by atoms with Gasteiger partial charge < -0.3 is 4.90 Å². The lowest BCUT2D eigenvalue weighted by atomic mass is 10.2. The molecule has 2 rings (SSSR count). The molecule has 0 spiro atoms. The van der Waals surface area contributed by atoms with Gasteiger partial charge in [0, 0.05) is 19.3 Å². The molecule has 0 N–H and O–H groups in total. The molecule has 0 amide bonds. The van der Waals surface area contributed by atoms with Crippen LogP contribution in [0.3, 0.4) is 0 Å². The molecule has 2 aliphatic rings. The van der Waals surface area contributed by atoms with Gasteiger partial charge in [-0.3, -0.25) is 4.79 Å². The largest absolute Gasteiger partial charge is 0.360 e. The van der Waals surface area contributed by atoms with Gasteiger partial charge >= 0.3 is 0 Å². The van der Waals surface area contributed by atoms with Crippen LogP contribution in [0.1, 0.15) is 19.3 Å². The van der Waals surface area contributed by atoms with Gasteiger partial charge in [-0.25, -0.2) is 4.99 Å². The molecule has 0 atom stereocenters. The maximum absolute atomic E-state index is 11.0. The van der Waals surface area contributed by atoms with E-state index >= 15 is 0 Å². The highest BCUT2D eigenvalue weighted by Gasteiger charge is 2.18. The van der Waals surface area contributed by atoms with Crippen LogP contribution in [0.5, 0.6) is 0 Å². The Morgan fingerprint density at radius 2 is 2.08 bits per heavy atom. The third kappa shape index (κ3) is 1.40. The molecular weight excluding hydrogens is 152 g/mol. The van der Waals surface area contributed by atoms with Gasteiger partial charge in [0.05, 0.1) is 6.42 Å². The molecule has 1 fully saturated rings. The number of ketones is 1. The third-order valence-corrected chi connectivity index (χ3v) is 2.29. The van der Waals surface area contributed by atoms with Gasteiger partial charge in [-0.2, -0.15) is 0 Å². The third-order valence-electron chi connectivity index (χ3n) is 2.29. The van der Waals surface area contributed by atoms with Crippen molar-refractivity contribution in [1.82, 2.24) is 4.90 Å². The molecular formula is C9H12N2O. The fraction of sp³-hybridized carbons (Fsp3) is 0.556. The van der Waals surface area contributed by atoms with E-state index in [0.717, 1.165) is 18.9 Å². The molecule has 1 saturated heterocycles. The van der Waals surface area contributed by atoms with E-state index in [-0.39, 0.29) is 5.78 Å². The van der Waals surface area contributed by atoms with Crippen molar-refractivity contribution in [2.75, 3.05) is 13.1 Å². The highest BCUT2D eigenvalue weighted by Crippen LogP contribution is 2.12. The number of nitrogens with zero attached hydrogens (tertiary/aromatic N) is 2. The lowest BCUT2D eigenvalue weighted by molar-refractivity contribution is -0.113. The standard InChI is InChI=1S/C9H12N2O/c12-8-3-4-10-9(7-8)11-5-1-2-6-11/h3-4H,1-2,5-7H2. The first-order valence-electron chi connectivity index (χ1n) is 4.37. The van der Waals surface area contributed by atoms with Gasteiger partial charge in [0.1, 0.15) is 5.84 Å². The van der Waals surface area contributed by atoms with E-state index in [4.69, 9.17) is 0 Å². The van der Waals surface area contributed by atoms with E-state index in [0.29, 0.717) is 6.42 Å². The Bertz CT molecular complexity index is 249. The van der Waals surface area contributed by atoms with Crippen molar-refractivity contribution in [1.29, 1.82) is 0 Å². The Morgan fingerprint density at radius 3 is 2.75 bits per heavy atom. The van der Waals surface area contributed by atoms with E-state index in [2.05, 4.69) is 9.89 Å². The molecule has 64 valence electrons. The first kappa shape index (κ1) is 7.53. The first-order chi connectivity index (χ1) is 5.86. The van der Waals surface area contributed by atoms with Crippen molar-refractivity contribution in [2.45, 2.75) is 19.3 Å². The van der Waals surface area contributed by atoms with Gasteiger partial charge in [0.25, 0.3) is 0 Å². The number of rotatable bonds is 0. The molecule has 0 aromatic carbocycles. The SMILES string of the molecule is O=C1C=CN=C(N2CCCC2)C1. The van der Waals surface area contributed by atoms with Gasteiger partial charge in [-0.1, -0.05) is 0 Å². The van der Waals surface area contributed by atoms with Crippen LogP contribution in [0.25, 0.3) is 0 Å². The zero-order chi connectivity index (χ0) is 8.39. The van der Waals surface area contributed by atoms with Crippen molar-refractivity contribution in [3.8, 4) is 0 Å². The number of hydrogen-bond donors (Lipinski definition) is 0. The van der Waals surface area contributed by atoms with Crippen LogP contribution in [-0.4, -0.2) is 29.6 Å². The van der Waals surface area contributed by atoms with Crippen LogP contribution in [0.2, 0.25) is 0 Å². The van der Waals surface area contributed by atoms with Crippen molar-refractivity contribution in [3.05, 3.63) is 12.3 Å². The van der Waals surface area contributed by atoms with Crippen LogP contribution >= 0.6 is 0 Å². The second-order valence-electron chi connectivity index (χ2n) is 3.20. The molecule has 0 aromatic heterocycles. The second kappa shape index (κ2) is 3.09. The Kier molecular flexibility index (Phi) is 1.94. The summed E-state index contributed by atoms with van der Waals surface area (Å²) in [6, 6.07) is 0. The highest BCUT2D eigenvalue weighted by molar-refractivity contribution is 6.07. The van der Waals surface area contributed by atoms with Crippen molar-refractivity contribution < 1.29 is 4.79 Å². The number of carbonyl (C=O) groups excluding carboxylic acids is 1. The minimum Gasteiger partial charge on any atom is -0.360 e. The van der Waals surface area contributed by atoms with Crippen molar-refractivity contribution in [2.24, 2.45) is 4.99 Å². The normalized spacial score (nSPS) is 23.2. The van der Waals surface area contributed by atoms with Gasteiger partial charge in [-0.05, 0) is 18.9 Å². The topological polar surface area (TPSA) is 32.7 Å². The number of hydrogen-bond acceptors (Lipinski definition) is 3. The van der Waals surface area contributed by atoms with E-state index in [1.807, 2.05) is 0 Å². The molecule has 3 heteroatoms. The predicted molar refractivity (Wildman–Crippen MR) is 47.0 cm³/mol. The quantitative estimate of drug-likeness (QED) is 0.534. The summed E-state index contributed by atoms with van der Waals surface area (Å²) in [5, 5.41) is 0. The summed E-state index contributed by atoms with van der Waals surface area (Å²) in [4.78, 5) is 17.4. The summed E-state index contributed by atoms with van der Waals surface area (Å²) >= 11 is 0. The minimum atomic E-state index is 0.173. The zero-order valence-corrected chi connectivity index (χ0v) is 6.99. The molecule has 0 saturated carbocycles. The number of likely N-dealkylation sites (tertiary alicyclic amines) is 1. The smallest absolute Gasteiger partial charge is 0.164 e. The maximum atomic E-state index is 11.0. The molecule has 2 aliphatic heterocycles. The van der Waals surface area contributed by atoms with E-state index < -0.39 is 0 Å². The monoisotopic (exact) mass is 164 g/mol. The average Bonchev–Trinajstić information content (AvgIpc) is 2.56. The number of carbonyl (C=O) groups is 1. The molecule has 2 heterocycles.